The van der Waals surface area contributed by atoms with Crippen LogP contribution in [-0.2, 0) is 21.1 Å². The van der Waals surface area contributed by atoms with E-state index in [1.807, 2.05) is 0 Å². The third-order valence-electron chi connectivity index (χ3n) is 2.01. The van der Waals surface area contributed by atoms with E-state index in [2.05, 4.69) is 4.98 Å². The fourth-order valence-electron chi connectivity index (χ4n) is 1.08. The van der Waals surface area contributed by atoms with Gasteiger partial charge in [0.25, 0.3) is 4.67 Å². The quantitative estimate of drug-likeness (QED) is 0.420. The molecule has 96 valence electrons. The first kappa shape index (κ1) is 14.2. The van der Waals surface area contributed by atoms with Crippen LogP contribution in [0.1, 0.15) is 5.69 Å². The molecule has 8 nitrogen and oxygen atoms in total. The van der Waals surface area contributed by atoms with Crippen LogP contribution in [0.5, 0.6) is 0 Å². The number of rotatable bonds is 4. The average molecular weight is 283 g/mol. The number of pyridine rings is 1. The molecule has 0 spiro atoms. The molecule has 0 fully saturated rings. The van der Waals surface area contributed by atoms with Gasteiger partial charge in [-0.3, -0.25) is 14.1 Å². The number of hydrogen-bond acceptors (Lipinski definition) is 5. The second-order valence-electron chi connectivity index (χ2n) is 3.26. The molecule has 1 unspecified atom stereocenters. The van der Waals surface area contributed by atoms with E-state index in [1.165, 1.54) is 24.4 Å². The van der Waals surface area contributed by atoms with E-state index < -0.39 is 28.8 Å². The monoisotopic (exact) mass is 283 g/mol. The first-order valence-corrected chi connectivity index (χ1v) is 7.28. The van der Waals surface area contributed by atoms with Crippen molar-refractivity contribution in [3.05, 3.63) is 30.1 Å². The van der Waals surface area contributed by atoms with Gasteiger partial charge >= 0.3 is 17.7 Å². The molecule has 17 heavy (non-hydrogen) atoms. The molecule has 1 aromatic heterocycles. The topological polar surface area (TPSA) is 145 Å². The summed E-state index contributed by atoms with van der Waals surface area (Å²) in [5, 5.41) is 9.50. The molecule has 0 aromatic carbocycles. The van der Waals surface area contributed by atoms with E-state index >= 15 is 0 Å². The Kier molecular flexibility index (Phi) is 3.72. The van der Waals surface area contributed by atoms with Gasteiger partial charge in [-0.05, 0) is 12.1 Å². The van der Waals surface area contributed by atoms with Crippen molar-refractivity contribution >= 4 is 17.7 Å². The Balaban J connectivity index is 3.25. The maximum absolute atomic E-state index is 11.0. The second-order valence-corrected chi connectivity index (χ2v) is 7.02. The molecule has 1 atom stereocenters. The molecule has 0 bridgehead atoms. The van der Waals surface area contributed by atoms with Crippen LogP contribution in [0.2, 0.25) is 0 Å². The zero-order chi connectivity index (χ0) is 13.3. The molecular formula is C7H10NO7PS. The molecule has 10 heteroatoms. The normalized spacial score (nSPS) is 16.5. The van der Waals surface area contributed by atoms with Crippen LogP contribution in [0.3, 0.4) is 0 Å². The van der Waals surface area contributed by atoms with E-state index in [4.69, 9.17) is 14.3 Å². The van der Waals surface area contributed by atoms with Gasteiger partial charge in [0.1, 0.15) is 0 Å². The second kappa shape index (κ2) is 4.45. The Morgan fingerprint density at radius 2 is 1.94 bits per heavy atom. The molecule has 1 heterocycles. The van der Waals surface area contributed by atoms with Crippen molar-refractivity contribution < 1.29 is 32.4 Å². The van der Waals surface area contributed by atoms with Crippen LogP contribution in [-0.4, -0.2) is 37.5 Å². The van der Waals surface area contributed by atoms with Crippen molar-refractivity contribution in [2.24, 2.45) is 0 Å². The van der Waals surface area contributed by atoms with E-state index in [0.29, 0.717) is 0 Å². The van der Waals surface area contributed by atoms with Crippen molar-refractivity contribution in [2.45, 2.75) is 11.1 Å². The Morgan fingerprint density at radius 1 is 1.35 bits per heavy atom. The highest BCUT2D eigenvalue weighted by Gasteiger charge is 2.56. The molecule has 0 amide bonds. The summed E-state index contributed by atoms with van der Waals surface area (Å²) in [4.78, 5) is 21.3. The Labute approximate surface area is 96.9 Å². The molecule has 0 saturated heterocycles. The summed E-state index contributed by atoms with van der Waals surface area (Å²) in [5.41, 5.74) is -0.0871. The standard InChI is InChI=1S/C7H10NO7PS/c9-7(16(10,11)12,17(13,14)15)5-6-3-1-2-4-8-6/h1-4,9H,5H2,(H2,10,11,12)(H,13,14,15). The summed E-state index contributed by atoms with van der Waals surface area (Å²) in [6, 6.07) is 4.19. The van der Waals surface area contributed by atoms with Crippen molar-refractivity contribution in [3.8, 4) is 0 Å². The maximum Gasteiger partial charge on any atom is 0.375 e. The molecule has 0 aliphatic rings. The van der Waals surface area contributed by atoms with Crippen LogP contribution >= 0.6 is 7.60 Å². The predicted octanol–water partition coefficient (Wildman–Crippen LogP) is -0.664. The molecule has 4 N–H and O–H groups in total. The highest BCUT2D eigenvalue weighted by molar-refractivity contribution is 7.94. The van der Waals surface area contributed by atoms with Crippen molar-refractivity contribution in [1.29, 1.82) is 0 Å². The zero-order valence-electron chi connectivity index (χ0n) is 8.33. The lowest BCUT2D eigenvalue weighted by atomic mass is 10.3. The number of nitrogens with zero attached hydrogens (tertiary/aromatic N) is 1. The lowest BCUT2D eigenvalue weighted by Crippen LogP contribution is -2.40. The maximum atomic E-state index is 11.0. The summed E-state index contributed by atoms with van der Waals surface area (Å²) in [7, 11) is -10.9. The number of aliphatic hydroxyl groups is 1. The summed E-state index contributed by atoms with van der Waals surface area (Å²) in [5.74, 6) is 0. The molecule has 0 saturated carbocycles. The minimum atomic E-state index is -5.50. The Hall–Kier alpha value is -0.830. The Morgan fingerprint density at radius 3 is 2.29 bits per heavy atom. The lowest BCUT2D eigenvalue weighted by Gasteiger charge is -2.24. The largest absolute Gasteiger partial charge is 0.375 e. The smallest absolute Gasteiger partial charge is 0.363 e. The first-order valence-electron chi connectivity index (χ1n) is 4.23. The van der Waals surface area contributed by atoms with Crippen molar-refractivity contribution in [3.63, 3.8) is 0 Å². The summed E-state index contributed by atoms with van der Waals surface area (Å²) in [6.07, 6.45) is 0.233. The molecule has 0 aliphatic carbocycles. The number of aromatic nitrogens is 1. The van der Waals surface area contributed by atoms with Crippen molar-refractivity contribution in [1.82, 2.24) is 4.98 Å². The van der Waals surface area contributed by atoms with E-state index in [0.717, 1.165) is 0 Å². The van der Waals surface area contributed by atoms with Gasteiger partial charge < -0.3 is 14.9 Å². The van der Waals surface area contributed by atoms with Gasteiger partial charge in [0.15, 0.2) is 0 Å². The minimum Gasteiger partial charge on any atom is -0.363 e. The lowest BCUT2D eigenvalue weighted by molar-refractivity contribution is 0.151. The summed E-state index contributed by atoms with van der Waals surface area (Å²) < 4.78 is 37.9. The highest BCUT2D eigenvalue weighted by Crippen LogP contribution is 2.53. The summed E-state index contributed by atoms with van der Waals surface area (Å²) >= 11 is 0. The van der Waals surface area contributed by atoms with Crippen LogP contribution in [0.25, 0.3) is 0 Å². The van der Waals surface area contributed by atoms with Gasteiger partial charge in [-0.15, -0.1) is 0 Å². The van der Waals surface area contributed by atoms with Crippen LogP contribution in [0.4, 0.5) is 0 Å². The molecule has 1 aromatic rings. The van der Waals surface area contributed by atoms with Crippen molar-refractivity contribution in [2.75, 3.05) is 0 Å². The molecular weight excluding hydrogens is 273 g/mol. The van der Waals surface area contributed by atoms with Gasteiger partial charge in [-0.25, -0.2) is 0 Å². The predicted molar refractivity (Wildman–Crippen MR) is 56.5 cm³/mol. The third kappa shape index (κ3) is 2.89. The van der Waals surface area contributed by atoms with Crippen LogP contribution in [0.15, 0.2) is 24.4 Å². The van der Waals surface area contributed by atoms with Gasteiger partial charge in [-0.1, -0.05) is 6.07 Å². The van der Waals surface area contributed by atoms with E-state index in [1.54, 1.807) is 0 Å². The van der Waals surface area contributed by atoms with Gasteiger partial charge in [-0.2, -0.15) is 8.42 Å². The Bertz CT molecular complexity index is 539. The minimum absolute atomic E-state index is 0.0871. The third-order valence-corrected chi connectivity index (χ3v) is 5.45. The fraction of sp³-hybridized carbons (Fsp3) is 0.286. The average Bonchev–Trinajstić information content (AvgIpc) is 2.15. The highest BCUT2D eigenvalue weighted by atomic mass is 32.2. The van der Waals surface area contributed by atoms with Gasteiger partial charge in [0.2, 0.25) is 0 Å². The van der Waals surface area contributed by atoms with E-state index in [9.17, 15) is 18.1 Å². The molecule has 0 aliphatic heterocycles. The number of hydrogen-bond donors (Lipinski definition) is 4. The fourth-order valence-corrected chi connectivity index (χ4v) is 2.98. The van der Waals surface area contributed by atoms with Gasteiger partial charge in [0, 0.05) is 18.3 Å². The molecule has 0 radical (unpaired) electrons. The SMILES string of the molecule is O=P(O)(O)C(O)(Cc1ccccn1)S(=O)(=O)O. The van der Waals surface area contributed by atoms with Crippen LogP contribution in [0, 0.1) is 0 Å². The molecule has 1 rings (SSSR count). The summed E-state index contributed by atoms with van der Waals surface area (Å²) in [6.45, 7) is 0. The van der Waals surface area contributed by atoms with E-state index in [-0.39, 0.29) is 5.69 Å². The van der Waals surface area contributed by atoms with Gasteiger partial charge in [0.05, 0.1) is 0 Å². The first-order chi connectivity index (χ1) is 7.58. The zero-order valence-corrected chi connectivity index (χ0v) is 10.0. The van der Waals surface area contributed by atoms with Crippen LogP contribution < -0.4 is 0 Å².